The topological polar surface area (TPSA) is 29.1 Å². The number of rotatable bonds is 4. The summed E-state index contributed by atoms with van der Waals surface area (Å²) in [6.45, 7) is 0. The first-order valence-electron chi connectivity index (χ1n) is 10.4. The summed E-state index contributed by atoms with van der Waals surface area (Å²) in [7, 11) is 0. The number of alkyl halides is 3. The van der Waals surface area contributed by atoms with Crippen LogP contribution in [-0.2, 0) is 11.7 Å². The van der Waals surface area contributed by atoms with Gasteiger partial charge in [0.2, 0.25) is 0 Å². The molecule has 1 amide bonds. The van der Waals surface area contributed by atoms with Crippen LogP contribution in [0.4, 0.5) is 13.2 Å². The number of carbonyl (C=O) groups excluding carboxylic acids is 1. The summed E-state index contributed by atoms with van der Waals surface area (Å²) in [5.74, 6) is -0.131. The molecule has 1 aliphatic carbocycles. The van der Waals surface area contributed by atoms with E-state index in [-0.39, 0.29) is 11.4 Å². The van der Waals surface area contributed by atoms with E-state index in [0.29, 0.717) is 11.1 Å². The van der Waals surface area contributed by atoms with E-state index >= 15 is 0 Å². The van der Waals surface area contributed by atoms with E-state index in [9.17, 15) is 18.0 Å². The molecule has 5 heteroatoms. The Kier molecular flexibility index (Phi) is 4.77. The zero-order valence-corrected chi connectivity index (χ0v) is 17.1. The lowest BCUT2D eigenvalue weighted by atomic mass is 9.96. The number of amides is 1. The summed E-state index contributed by atoms with van der Waals surface area (Å²) in [4.78, 5) is 13.0. The van der Waals surface area contributed by atoms with E-state index in [4.69, 9.17) is 0 Å². The molecule has 0 unspecified atom stereocenters. The third-order valence-electron chi connectivity index (χ3n) is 6.10. The summed E-state index contributed by atoms with van der Waals surface area (Å²) in [5, 5.41) is 4.93. The second-order valence-corrected chi connectivity index (χ2v) is 8.22. The van der Waals surface area contributed by atoms with Gasteiger partial charge in [-0.25, -0.2) is 0 Å². The number of halogens is 3. The van der Waals surface area contributed by atoms with Gasteiger partial charge in [-0.2, -0.15) is 13.2 Å². The van der Waals surface area contributed by atoms with Crippen LogP contribution in [0.5, 0.6) is 0 Å². The van der Waals surface area contributed by atoms with Crippen molar-refractivity contribution in [1.29, 1.82) is 0 Å². The van der Waals surface area contributed by atoms with Crippen LogP contribution in [0.3, 0.4) is 0 Å². The summed E-state index contributed by atoms with van der Waals surface area (Å²) in [6, 6.07) is 26.2. The summed E-state index contributed by atoms with van der Waals surface area (Å²) in [6.07, 6.45) is -2.54. The van der Waals surface area contributed by atoms with Crippen LogP contribution in [0.2, 0.25) is 0 Å². The first-order chi connectivity index (χ1) is 15.4. The normalized spacial score (nSPS) is 14.8. The zero-order chi connectivity index (χ0) is 22.3. The Morgan fingerprint density at radius 1 is 0.812 bits per heavy atom. The lowest BCUT2D eigenvalue weighted by Gasteiger charge is -2.18. The molecular formula is C27H20F3NO. The van der Waals surface area contributed by atoms with Crippen molar-refractivity contribution in [3.8, 4) is 11.1 Å². The predicted octanol–water partition coefficient (Wildman–Crippen LogP) is 6.94. The van der Waals surface area contributed by atoms with Gasteiger partial charge in [0.05, 0.1) is 11.1 Å². The van der Waals surface area contributed by atoms with E-state index in [1.807, 2.05) is 60.7 Å². The molecule has 2 nitrogen and oxygen atoms in total. The van der Waals surface area contributed by atoms with Crippen LogP contribution in [0.1, 0.15) is 34.3 Å². The predicted molar refractivity (Wildman–Crippen MR) is 119 cm³/mol. The lowest BCUT2D eigenvalue weighted by Crippen LogP contribution is -2.34. The molecule has 32 heavy (non-hydrogen) atoms. The zero-order valence-electron chi connectivity index (χ0n) is 17.1. The fraction of sp³-hybridized carbons (Fsp3) is 0.148. The number of fused-ring (bicyclic) bond motifs is 1. The SMILES string of the molecule is O=C(NC1(c2ccccc2)CC1)c1ccc2c(-c3ccc(C(F)(F)F)cc3)cccc2c1. The molecular weight excluding hydrogens is 411 g/mol. The van der Waals surface area contributed by atoms with Gasteiger partial charge in [0, 0.05) is 5.56 Å². The molecule has 0 aliphatic heterocycles. The quantitative estimate of drug-likeness (QED) is 0.372. The summed E-state index contributed by atoms with van der Waals surface area (Å²) >= 11 is 0. The van der Waals surface area contributed by atoms with Gasteiger partial charge in [0.1, 0.15) is 0 Å². The fourth-order valence-electron chi connectivity index (χ4n) is 4.17. The third kappa shape index (κ3) is 3.75. The van der Waals surface area contributed by atoms with E-state index < -0.39 is 11.7 Å². The molecule has 1 N–H and O–H groups in total. The molecule has 1 aliphatic rings. The largest absolute Gasteiger partial charge is 0.416 e. The van der Waals surface area contributed by atoms with Crippen molar-refractivity contribution in [3.05, 3.63) is 108 Å². The van der Waals surface area contributed by atoms with Crippen molar-refractivity contribution >= 4 is 16.7 Å². The Hall–Kier alpha value is -3.60. The standard InChI is InChI=1S/C27H20F3NO/c28-27(29,30)22-12-9-18(10-13-22)23-8-4-5-19-17-20(11-14-24(19)23)25(32)31-26(15-16-26)21-6-2-1-3-7-21/h1-14,17H,15-16H2,(H,31,32). The van der Waals surface area contributed by atoms with Gasteiger partial charge < -0.3 is 5.32 Å². The van der Waals surface area contributed by atoms with Crippen molar-refractivity contribution in [2.45, 2.75) is 24.6 Å². The van der Waals surface area contributed by atoms with Crippen LogP contribution in [0.15, 0.2) is 91.0 Å². The average Bonchev–Trinajstić information content (AvgIpc) is 3.59. The van der Waals surface area contributed by atoms with E-state index in [2.05, 4.69) is 5.32 Å². The van der Waals surface area contributed by atoms with E-state index in [0.717, 1.165) is 46.9 Å². The number of hydrogen-bond donors (Lipinski definition) is 1. The van der Waals surface area contributed by atoms with Gasteiger partial charge in [-0.15, -0.1) is 0 Å². The first-order valence-corrected chi connectivity index (χ1v) is 10.4. The highest BCUT2D eigenvalue weighted by atomic mass is 19.4. The van der Waals surface area contributed by atoms with E-state index in [1.54, 1.807) is 6.07 Å². The molecule has 160 valence electrons. The van der Waals surface area contributed by atoms with Crippen molar-refractivity contribution < 1.29 is 18.0 Å². The Balaban J connectivity index is 1.44. The highest BCUT2D eigenvalue weighted by molar-refractivity contribution is 6.03. The molecule has 0 bridgehead atoms. The Labute approximate surface area is 183 Å². The number of nitrogens with one attached hydrogen (secondary N) is 1. The fourth-order valence-corrected chi connectivity index (χ4v) is 4.17. The monoisotopic (exact) mass is 431 g/mol. The van der Waals surface area contributed by atoms with Gasteiger partial charge in [-0.3, -0.25) is 4.79 Å². The molecule has 4 aromatic rings. The van der Waals surface area contributed by atoms with Crippen molar-refractivity contribution in [1.82, 2.24) is 5.32 Å². The molecule has 0 aromatic heterocycles. The molecule has 1 saturated carbocycles. The van der Waals surface area contributed by atoms with Gasteiger partial charge >= 0.3 is 6.18 Å². The molecule has 1 fully saturated rings. The Morgan fingerprint density at radius 3 is 2.19 bits per heavy atom. The second kappa shape index (κ2) is 7.52. The summed E-state index contributed by atoms with van der Waals surface area (Å²) in [5.41, 5.74) is 2.22. The van der Waals surface area contributed by atoms with Gasteiger partial charge in [-0.1, -0.05) is 66.7 Å². The maximum absolute atomic E-state index is 13.0. The maximum atomic E-state index is 13.0. The van der Waals surface area contributed by atoms with E-state index in [1.165, 1.54) is 12.1 Å². The third-order valence-corrected chi connectivity index (χ3v) is 6.10. The molecule has 0 spiro atoms. The van der Waals surface area contributed by atoms with Crippen LogP contribution >= 0.6 is 0 Å². The second-order valence-electron chi connectivity index (χ2n) is 8.22. The lowest BCUT2D eigenvalue weighted by molar-refractivity contribution is -0.137. The Morgan fingerprint density at radius 2 is 1.53 bits per heavy atom. The molecule has 0 saturated heterocycles. The van der Waals surface area contributed by atoms with Gasteiger partial charge in [0.15, 0.2) is 0 Å². The van der Waals surface area contributed by atoms with Gasteiger partial charge in [-0.05, 0) is 64.6 Å². The number of hydrogen-bond acceptors (Lipinski definition) is 1. The van der Waals surface area contributed by atoms with Gasteiger partial charge in [0.25, 0.3) is 5.91 Å². The minimum atomic E-state index is -4.36. The summed E-state index contributed by atoms with van der Waals surface area (Å²) < 4.78 is 38.7. The molecule has 4 aromatic carbocycles. The number of carbonyl (C=O) groups is 1. The molecule has 0 radical (unpaired) electrons. The minimum absolute atomic E-state index is 0.131. The Bertz CT molecular complexity index is 1290. The molecule has 5 rings (SSSR count). The van der Waals surface area contributed by atoms with Crippen LogP contribution in [0, 0.1) is 0 Å². The maximum Gasteiger partial charge on any atom is 0.416 e. The smallest absolute Gasteiger partial charge is 0.343 e. The van der Waals surface area contributed by atoms with Crippen molar-refractivity contribution in [2.75, 3.05) is 0 Å². The van der Waals surface area contributed by atoms with Crippen LogP contribution < -0.4 is 5.32 Å². The van der Waals surface area contributed by atoms with Crippen molar-refractivity contribution in [3.63, 3.8) is 0 Å². The minimum Gasteiger partial charge on any atom is -0.343 e. The number of benzene rings is 4. The van der Waals surface area contributed by atoms with Crippen molar-refractivity contribution in [2.24, 2.45) is 0 Å². The first kappa shape index (κ1) is 20.3. The van der Waals surface area contributed by atoms with Crippen LogP contribution in [0.25, 0.3) is 21.9 Å². The molecule has 0 heterocycles. The average molecular weight is 431 g/mol. The van der Waals surface area contributed by atoms with Crippen LogP contribution in [-0.4, -0.2) is 5.91 Å². The highest BCUT2D eigenvalue weighted by Crippen LogP contribution is 2.45. The highest BCUT2D eigenvalue weighted by Gasteiger charge is 2.45. The molecule has 0 atom stereocenters.